The van der Waals surface area contributed by atoms with E-state index in [0.29, 0.717) is 0 Å². The van der Waals surface area contributed by atoms with Gasteiger partial charge < -0.3 is 4.90 Å². The number of hydrogen-bond donors (Lipinski definition) is 1. The molecule has 2 unspecified atom stereocenters. The van der Waals surface area contributed by atoms with Crippen LogP contribution in [0.4, 0.5) is 0 Å². The Labute approximate surface area is 70.0 Å². The van der Waals surface area contributed by atoms with Gasteiger partial charge in [-0.3, -0.25) is 8.74 Å². The highest BCUT2D eigenvalue weighted by Crippen LogP contribution is 1.99. The lowest BCUT2D eigenvalue weighted by molar-refractivity contribution is 0.196. The van der Waals surface area contributed by atoms with Crippen LogP contribution in [0.1, 0.15) is 13.3 Å². The van der Waals surface area contributed by atoms with Gasteiger partial charge in [0.1, 0.15) is 0 Å². The molecule has 0 radical (unpaired) electrons. The van der Waals surface area contributed by atoms with Crippen LogP contribution in [0, 0.1) is 0 Å². The summed E-state index contributed by atoms with van der Waals surface area (Å²) in [4.78, 5) is 2.00. The van der Waals surface area contributed by atoms with Crippen molar-refractivity contribution in [1.29, 1.82) is 0 Å². The molecule has 0 heterocycles. The van der Waals surface area contributed by atoms with E-state index in [2.05, 4.69) is 4.18 Å². The fourth-order valence-electron chi connectivity index (χ4n) is 0.629. The highest BCUT2D eigenvalue weighted by Gasteiger charge is 2.05. The van der Waals surface area contributed by atoms with Crippen LogP contribution >= 0.6 is 0 Å². The van der Waals surface area contributed by atoms with E-state index in [4.69, 9.17) is 4.55 Å². The maximum atomic E-state index is 10.1. The van der Waals surface area contributed by atoms with E-state index in [9.17, 15) is 4.21 Å². The molecule has 0 aromatic rings. The van der Waals surface area contributed by atoms with Crippen LogP contribution < -0.4 is 0 Å². The van der Waals surface area contributed by atoms with E-state index >= 15 is 0 Å². The van der Waals surface area contributed by atoms with Crippen molar-refractivity contribution in [1.82, 2.24) is 4.90 Å². The molecule has 0 saturated carbocycles. The fourth-order valence-corrected chi connectivity index (χ4v) is 1.01. The smallest absolute Gasteiger partial charge is 0.302 e. The minimum absolute atomic E-state index is 0.164. The number of nitrogens with zero attached hydrogens (tertiary/aromatic N) is 1. The molecule has 0 aromatic heterocycles. The predicted octanol–water partition coefficient (Wildman–Crippen LogP) is 0.480. The highest BCUT2D eigenvalue weighted by atomic mass is 32.2. The Bertz CT molecular complexity index is 129. The largest absolute Gasteiger partial charge is 0.309 e. The molecule has 11 heavy (non-hydrogen) atoms. The molecule has 68 valence electrons. The van der Waals surface area contributed by atoms with Gasteiger partial charge in [-0.15, -0.1) is 0 Å². The zero-order chi connectivity index (χ0) is 8.85. The molecule has 0 fully saturated rings. The average Bonchev–Trinajstić information content (AvgIpc) is 1.82. The summed E-state index contributed by atoms with van der Waals surface area (Å²) in [6.07, 6.45) is 0.600. The lowest BCUT2D eigenvalue weighted by Gasteiger charge is -2.12. The summed E-state index contributed by atoms with van der Waals surface area (Å²) in [5, 5.41) is 0. The van der Waals surface area contributed by atoms with Crippen molar-refractivity contribution >= 4 is 11.4 Å². The normalized spacial score (nSPS) is 16.8. The Hall–Kier alpha value is 0.0300. The van der Waals surface area contributed by atoms with Gasteiger partial charge in [0.15, 0.2) is 0 Å². The van der Waals surface area contributed by atoms with E-state index in [1.807, 2.05) is 19.0 Å². The van der Waals surface area contributed by atoms with Crippen molar-refractivity contribution in [3.05, 3.63) is 0 Å². The van der Waals surface area contributed by atoms with Gasteiger partial charge in [-0.2, -0.15) is 4.21 Å². The number of rotatable bonds is 5. The molecule has 5 heteroatoms. The van der Waals surface area contributed by atoms with Crippen LogP contribution in [0.15, 0.2) is 0 Å². The molecular formula is C6H15NO3S. The van der Waals surface area contributed by atoms with Crippen molar-refractivity contribution in [2.45, 2.75) is 19.4 Å². The van der Waals surface area contributed by atoms with Crippen LogP contribution in [-0.4, -0.2) is 40.4 Å². The molecule has 0 rings (SSSR count). The Morgan fingerprint density at radius 2 is 2.18 bits per heavy atom. The van der Waals surface area contributed by atoms with Gasteiger partial charge in [0.2, 0.25) is 0 Å². The van der Waals surface area contributed by atoms with E-state index in [0.717, 1.165) is 13.0 Å². The first-order valence-corrected chi connectivity index (χ1v) is 4.48. The maximum absolute atomic E-state index is 10.1. The molecule has 0 aliphatic carbocycles. The molecule has 1 N–H and O–H groups in total. The van der Waals surface area contributed by atoms with Crippen molar-refractivity contribution in [2.75, 3.05) is 20.6 Å². The van der Waals surface area contributed by atoms with E-state index in [1.54, 1.807) is 6.92 Å². The Kier molecular flexibility index (Phi) is 5.67. The minimum atomic E-state index is -2.13. The highest BCUT2D eigenvalue weighted by molar-refractivity contribution is 7.74. The standard InChI is InChI=1S/C6H15NO3S/c1-6(10-11(8)9)4-5-7(2)3/h6H,4-5H2,1-3H3,(H,8,9). The van der Waals surface area contributed by atoms with E-state index in [1.165, 1.54) is 0 Å². The quantitative estimate of drug-likeness (QED) is 0.627. The molecule has 0 aliphatic rings. The Morgan fingerprint density at radius 1 is 1.64 bits per heavy atom. The third-order valence-electron chi connectivity index (χ3n) is 1.23. The summed E-state index contributed by atoms with van der Waals surface area (Å²) in [6.45, 7) is 2.63. The van der Waals surface area contributed by atoms with Gasteiger partial charge in [-0.05, 0) is 27.4 Å². The fraction of sp³-hybridized carbons (Fsp3) is 1.00. The van der Waals surface area contributed by atoms with Crippen LogP contribution in [-0.2, 0) is 15.5 Å². The summed E-state index contributed by atoms with van der Waals surface area (Å²) in [6, 6.07) is 0. The Balaban J connectivity index is 3.37. The van der Waals surface area contributed by atoms with Crippen LogP contribution in [0.5, 0.6) is 0 Å². The SMILES string of the molecule is CC(CCN(C)C)OS(=O)O. The third-order valence-corrected chi connectivity index (χ3v) is 1.72. The average molecular weight is 181 g/mol. The molecule has 0 aliphatic heterocycles. The topological polar surface area (TPSA) is 49.8 Å². The predicted molar refractivity (Wildman–Crippen MR) is 44.5 cm³/mol. The molecular weight excluding hydrogens is 166 g/mol. The van der Waals surface area contributed by atoms with Gasteiger partial charge in [-0.25, -0.2) is 0 Å². The van der Waals surface area contributed by atoms with E-state index < -0.39 is 11.4 Å². The summed E-state index contributed by atoms with van der Waals surface area (Å²) < 4.78 is 23.1. The first-order chi connectivity index (χ1) is 5.02. The molecule has 0 spiro atoms. The van der Waals surface area contributed by atoms with Crippen LogP contribution in [0.2, 0.25) is 0 Å². The maximum Gasteiger partial charge on any atom is 0.302 e. The zero-order valence-electron chi connectivity index (χ0n) is 7.11. The van der Waals surface area contributed by atoms with Crippen LogP contribution in [0.25, 0.3) is 0 Å². The van der Waals surface area contributed by atoms with E-state index in [-0.39, 0.29) is 6.10 Å². The van der Waals surface area contributed by atoms with Crippen molar-refractivity contribution in [3.8, 4) is 0 Å². The lowest BCUT2D eigenvalue weighted by atomic mass is 10.3. The summed E-state index contributed by atoms with van der Waals surface area (Å²) in [5.74, 6) is 0. The molecule has 0 bridgehead atoms. The van der Waals surface area contributed by atoms with Gasteiger partial charge in [-0.1, -0.05) is 0 Å². The zero-order valence-corrected chi connectivity index (χ0v) is 7.93. The summed E-state index contributed by atoms with van der Waals surface area (Å²) >= 11 is -2.13. The van der Waals surface area contributed by atoms with Gasteiger partial charge in [0.25, 0.3) is 0 Å². The second kappa shape index (κ2) is 5.65. The summed E-state index contributed by atoms with van der Waals surface area (Å²) in [5.41, 5.74) is 0. The molecule has 0 amide bonds. The first-order valence-electron chi connectivity index (χ1n) is 3.45. The van der Waals surface area contributed by atoms with Crippen molar-refractivity contribution < 1.29 is 12.9 Å². The van der Waals surface area contributed by atoms with Crippen molar-refractivity contribution in [2.24, 2.45) is 0 Å². The Morgan fingerprint density at radius 3 is 2.55 bits per heavy atom. The lowest BCUT2D eigenvalue weighted by Crippen LogP contribution is -2.20. The van der Waals surface area contributed by atoms with Gasteiger partial charge >= 0.3 is 11.4 Å². The van der Waals surface area contributed by atoms with Crippen LogP contribution in [0.3, 0.4) is 0 Å². The van der Waals surface area contributed by atoms with Gasteiger partial charge in [0, 0.05) is 6.54 Å². The van der Waals surface area contributed by atoms with Crippen molar-refractivity contribution in [3.63, 3.8) is 0 Å². The summed E-state index contributed by atoms with van der Waals surface area (Å²) in [7, 11) is 3.89. The number of hydrogen-bond acceptors (Lipinski definition) is 3. The second-order valence-electron chi connectivity index (χ2n) is 2.72. The molecule has 4 nitrogen and oxygen atoms in total. The second-order valence-corrected chi connectivity index (χ2v) is 3.34. The molecule has 2 atom stereocenters. The van der Waals surface area contributed by atoms with Gasteiger partial charge in [0.05, 0.1) is 6.10 Å². The first kappa shape index (κ1) is 11.0. The monoisotopic (exact) mass is 181 g/mol. The third kappa shape index (κ3) is 7.93. The minimum Gasteiger partial charge on any atom is -0.309 e. The molecule has 0 aromatic carbocycles. The molecule has 0 saturated heterocycles.